The summed E-state index contributed by atoms with van der Waals surface area (Å²) in [5, 5.41) is 0. The van der Waals surface area contributed by atoms with Crippen molar-refractivity contribution in [2.75, 3.05) is 10.5 Å². The van der Waals surface area contributed by atoms with Crippen LogP contribution < -0.4 is 10.5 Å². The van der Waals surface area contributed by atoms with E-state index >= 15 is 0 Å². The van der Waals surface area contributed by atoms with E-state index in [1.165, 1.54) is 30.3 Å². The summed E-state index contributed by atoms with van der Waals surface area (Å²) in [5.41, 5.74) is 6.00. The Morgan fingerprint density at radius 3 is 2.58 bits per heavy atom. The van der Waals surface area contributed by atoms with Gasteiger partial charge in [-0.1, -0.05) is 6.07 Å². The van der Waals surface area contributed by atoms with Crippen LogP contribution in [0.25, 0.3) is 0 Å². The highest BCUT2D eigenvalue weighted by molar-refractivity contribution is 9.10. The van der Waals surface area contributed by atoms with Gasteiger partial charge in [0.05, 0.1) is 10.6 Å². The molecule has 0 aliphatic rings. The third-order valence-electron chi connectivity index (χ3n) is 2.34. The molecular formula is C12H10BrFN2O2S. The minimum absolute atomic E-state index is 0.0173. The molecule has 0 heterocycles. The van der Waals surface area contributed by atoms with E-state index in [0.717, 1.165) is 6.07 Å². The predicted octanol–water partition coefficient (Wildman–Crippen LogP) is 2.97. The van der Waals surface area contributed by atoms with Crippen LogP contribution in [0, 0.1) is 5.82 Å². The number of halogens is 2. The molecule has 3 N–H and O–H groups in total. The second-order valence-corrected chi connectivity index (χ2v) is 6.34. The first-order chi connectivity index (χ1) is 8.88. The molecule has 0 saturated carbocycles. The van der Waals surface area contributed by atoms with Gasteiger partial charge in [0.15, 0.2) is 0 Å². The SMILES string of the molecule is Nc1cccc(S(=O)(=O)Nc2cc(F)ccc2Br)c1. The summed E-state index contributed by atoms with van der Waals surface area (Å²) >= 11 is 3.15. The van der Waals surface area contributed by atoms with Crippen molar-refractivity contribution in [3.8, 4) is 0 Å². The molecule has 2 aromatic carbocycles. The summed E-state index contributed by atoms with van der Waals surface area (Å²) in [6, 6.07) is 9.59. The predicted molar refractivity (Wildman–Crippen MR) is 75.8 cm³/mol. The summed E-state index contributed by atoms with van der Waals surface area (Å²) in [6.07, 6.45) is 0. The zero-order valence-corrected chi connectivity index (χ0v) is 12.0. The van der Waals surface area contributed by atoms with Crippen LogP contribution in [0.15, 0.2) is 51.8 Å². The number of hydrogen-bond donors (Lipinski definition) is 2. The first-order valence-corrected chi connectivity index (χ1v) is 7.49. The van der Waals surface area contributed by atoms with Gasteiger partial charge in [0.25, 0.3) is 10.0 Å². The molecule has 0 aliphatic heterocycles. The van der Waals surface area contributed by atoms with Gasteiger partial charge < -0.3 is 5.73 Å². The van der Waals surface area contributed by atoms with Crippen molar-refractivity contribution in [2.24, 2.45) is 0 Å². The van der Waals surface area contributed by atoms with E-state index in [9.17, 15) is 12.8 Å². The number of benzene rings is 2. The molecule has 0 spiro atoms. The number of rotatable bonds is 3. The van der Waals surface area contributed by atoms with Crippen LogP contribution in [0.3, 0.4) is 0 Å². The lowest BCUT2D eigenvalue weighted by Crippen LogP contribution is -2.13. The Morgan fingerprint density at radius 1 is 1.16 bits per heavy atom. The molecule has 0 saturated heterocycles. The number of nitrogens with two attached hydrogens (primary N) is 1. The number of anilines is 2. The molecule has 0 bridgehead atoms. The summed E-state index contributed by atoms with van der Waals surface area (Å²) in [4.78, 5) is 0.0173. The average molecular weight is 345 g/mol. The van der Waals surface area contributed by atoms with Crippen molar-refractivity contribution in [1.82, 2.24) is 0 Å². The van der Waals surface area contributed by atoms with Gasteiger partial charge in [-0.2, -0.15) is 0 Å². The van der Waals surface area contributed by atoms with Crippen LogP contribution in [0.1, 0.15) is 0 Å². The molecule has 0 fully saturated rings. The van der Waals surface area contributed by atoms with E-state index in [0.29, 0.717) is 10.2 Å². The largest absolute Gasteiger partial charge is 0.399 e. The zero-order chi connectivity index (χ0) is 14.0. The minimum atomic E-state index is -3.80. The highest BCUT2D eigenvalue weighted by atomic mass is 79.9. The van der Waals surface area contributed by atoms with Gasteiger partial charge in [-0.15, -0.1) is 0 Å². The normalized spacial score (nSPS) is 11.3. The van der Waals surface area contributed by atoms with Crippen LogP contribution in [-0.2, 0) is 10.0 Å². The maximum absolute atomic E-state index is 13.1. The molecule has 4 nitrogen and oxygen atoms in total. The van der Waals surface area contributed by atoms with E-state index in [2.05, 4.69) is 20.7 Å². The zero-order valence-electron chi connectivity index (χ0n) is 9.60. The van der Waals surface area contributed by atoms with Crippen molar-refractivity contribution >= 4 is 37.3 Å². The molecule has 2 rings (SSSR count). The van der Waals surface area contributed by atoms with Crippen molar-refractivity contribution in [3.05, 3.63) is 52.8 Å². The Kier molecular flexibility index (Phi) is 3.77. The van der Waals surface area contributed by atoms with E-state index in [1.807, 2.05) is 0 Å². The average Bonchev–Trinajstić information content (AvgIpc) is 2.33. The molecule has 0 unspecified atom stereocenters. The van der Waals surface area contributed by atoms with Crippen LogP contribution in [-0.4, -0.2) is 8.42 Å². The number of hydrogen-bond acceptors (Lipinski definition) is 3. The fourth-order valence-electron chi connectivity index (χ4n) is 1.46. The second kappa shape index (κ2) is 5.18. The lowest BCUT2D eigenvalue weighted by atomic mass is 10.3. The highest BCUT2D eigenvalue weighted by Gasteiger charge is 2.16. The molecule has 7 heteroatoms. The molecule has 0 aromatic heterocycles. The molecular weight excluding hydrogens is 335 g/mol. The summed E-state index contributed by atoms with van der Waals surface area (Å²) in [7, 11) is -3.80. The van der Waals surface area contributed by atoms with Gasteiger partial charge >= 0.3 is 0 Å². The van der Waals surface area contributed by atoms with Gasteiger partial charge in [0, 0.05) is 10.2 Å². The summed E-state index contributed by atoms with van der Waals surface area (Å²) in [6.45, 7) is 0. The first kappa shape index (κ1) is 13.8. The third-order valence-corrected chi connectivity index (χ3v) is 4.40. The molecule has 0 aliphatic carbocycles. The van der Waals surface area contributed by atoms with Crippen molar-refractivity contribution in [2.45, 2.75) is 4.90 Å². The lowest BCUT2D eigenvalue weighted by Gasteiger charge is -2.10. The van der Waals surface area contributed by atoms with Gasteiger partial charge in [-0.25, -0.2) is 12.8 Å². The van der Waals surface area contributed by atoms with Gasteiger partial charge in [0.1, 0.15) is 5.82 Å². The van der Waals surface area contributed by atoms with Crippen LogP contribution >= 0.6 is 15.9 Å². The molecule has 0 amide bonds. The molecule has 2 aromatic rings. The van der Waals surface area contributed by atoms with Gasteiger partial charge in [-0.3, -0.25) is 4.72 Å². The maximum Gasteiger partial charge on any atom is 0.262 e. The van der Waals surface area contributed by atoms with Crippen molar-refractivity contribution in [1.29, 1.82) is 0 Å². The van der Waals surface area contributed by atoms with Gasteiger partial charge in [0.2, 0.25) is 0 Å². The summed E-state index contributed by atoms with van der Waals surface area (Å²) in [5.74, 6) is -0.534. The smallest absolute Gasteiger partial charge is 0.262 e. The van der Waals surface area contributed by atoms with E-state index in [1.54, 1.807) is 6.07 Å². The number of nitrogen functional groups attached to an aromatic ring is 1. The maximum atomic E-state index is 13.1. The monoisotopic (exact) mass is 344 g/mol. The number of sulfonamides is 1. The Labute approximate surface area is 118 Å². The fourth-order valence-corrected chi connectivity index (χ4v) is 3.06. The molecule has 0 radical (unpaired) electrons. The summed E-state index contributed by atoms with van der Waals surface area (Å²) < 4.78 is 40.1. The molecule has 19 heavy (non-hydrogen) atoms. The van der Waals surface area contributed by atoms with E-state index < -0.39 is 15.8 Å². The lowest BCUT2D eigenvalue weighted by molar-refractivity contribution is 0.601. The second-order valence-electron chi connectivity index (χ2n) is 3.80. The van der Waals surface area contributed by atoms with Crippen molar-refractivity contribution in [3.63, 3.8) is 0 Å². The van der Waals surface area contributed by atoms with Crippen LogP contribution in [0.4, 0.5) is 15.8 Å². The molecule has 0 atom stereocenters. The topological polar surface area (TPSA) is 72.2 Å². The van der Waals surface area contributed by atoms with Gasteiger partial charge in [-0.05, 0) is 52.3 Å². The standard InChI is InChI=1S/C12H10BrFN2O2S/c13-11-5-4-8(14)6-12(11)16-19(17,18)10-3-1-2-9(15)7-10/h1-7,16H,15H2. The third kappa shape index (κ3) is 3.24. The Bertz CT molecular complexity index is 719. The Balaban J connectivity index is 2.39. The quantitative estimate of drug-likeness (QED) is 0.840. The van der Waals surface area contributed by atoms with E-state index in [4.69, 9.17) is 5.73 Å². The fraction of sp³-hybridized carbons (Fsp3) is 0. The first-order valence-electron chi connectivity index (χ1n) is 5.22. The highest BCUT2D eigenvalue weighted by Crippen LogP contribution is 2.26. The Morgan fingerprint density at radius 2 is 1.89 bits per heavy atom. The van der Waals surface area contributed by atoms with E-state index in [-0.39, 0.29) is 10.6 Å². The number of nitrogens with one attached hydrogen (secondary N) is 1. The molecule has 100 valence electrons. The van der Waals surface area contributed by atoms with Crippen LogP contribution in [0.5, 0.6) is 0 Å². The minimum Gasteiger partial charge on any atom is -0.399 e. The van der Waals surface area contributed by atoms with Crippen LogP contribution in [0.2, 0.25) is 0 Å². The van der Waals surface area contributed by atoms with Crippen molar-refractivity contribution < 1.29 is 12.8 Å². The Hall–Kier alpha value is -1.60.